The predicted octanol–water partition coefficient (Wildman–Crippen LogP) is 0.396. The number of carbonyl (C=O) groups is 1. The first-order chi connectivity index (χ1) is 10.5. The quantitative estimate of drug-likeness (QED) is 0.468. The third kappa shape index (κ3) is 3.24. The summed E-state index contributed by atoms with van der Waals surface area (Å²) in [6.45, 7) is 2.15. The molecule has 0 unspecified atom stereocenters. The molecule has 0 saturated heterocycles. The van der Waals surface area contributed by atoms with Crippen LogP contribution < -0.4 is 11.2 Å². The van der Waals surface area contributed by atoms with Crippen LogP contribution in [0.15, 0.2) is 14.7 Å². The molecule has 0 bridgehead atoms. The summed E-state index contributed by atoms with van der Waals surface area (Å²) in [6, 6.07) is 0. The van der Waals surface area contributed by atoms with E-state index in [1.807, 2.05) is 0 Å². The van der Waals surface area contributed by atoms with Gasteiger partial charge < -0.3 is 9.72 Å². The Morgan fingerprint density at radius 3 is 2.73 bits per heavy atom. The number of thioether (sulfide) groups is 1. The first-order valence-electron chi connectivity index (χ1n) is 6.89. The van der Waals surface area contributed by atoms with Gasteiger partial charge >= 0.3 is 11.7 Å². The molecular weight excluding hydrogens is 308 g/mol. The number of H-pyrrole nitrogens is 1. The maximum atomic E-state index is 12.0. The number of ether oxygens (including phenoxy) is 1. The van der Waals surface area contributed by atoms with Crippen molar-refractivity contribution in [3.8, 4) is 0 Å². The van der Waals surface area contributed by atoms with Crippen LogP contribution in [-0.2, 0) is 23.6 Å². The van der Waals surface area contributed by atoms with Gasteiger partial charge in [0.25, 0.3) is 5.56 Å². The molecule has 120 valence electrons. The van der Waals surface area contributed by atoms with E-state index in [1.54, 1.807) is 14.0 Å². The minimum atomic E-state index is -0.414. The van der Waals surface area contributed by atoms with Crippen LogP contribution in [0.4, 0.5) is 0 Å². The Kier molecular flexibility index (Phi) is 5.07. The molecule has 2 rings (SSSR count). The maximum absolute atomic E-state index is 12.0. The average Bonchev–Trinajstić information content (AvgIpc) is 2.92. The molecule has 0 fully saturated rings. The maximum Gasteiger partial charge on any atom is 0.332 e. The number of esters is 1. The summed E-state index contributed by atoms with van der Waals surface area (Å²) in [4.78, 5) is 42.3. The van der Waals surface area contributed by atoms with Crippen molar-refractivity contribution < 1.29 is 9.53 Å². The van der Waals surface area contributed by atoms with Crippen molar-refractivity contribution in [1.29, 1.82) is 0 Å². The van der Waals surface area contributed by atoms with Gasteiger partial charge in [-0.3, -0.25) is 18.7 Å². The molecule has 0 radical (unpaired) electrons. The predicted molar refractivity (Wildman–Crippen MR) is 83.2 cm³/mol. The number of hydrogen-bond acceptors (Lipinski definition) is 6. The lowest BCUT2D eigenvalue weighted by Crippen LogP contribution is -2.36. The Morgan fingerprint density at radius 2 is 2.05 bits per heavy atom. The zero-order chi connectivity index (χ0) is 16.3. The van der Waals surface area contributed by atoms with Crippen molar-refractivity contribution >= 4 is 28.9 Å². The zero-order valence-electron chi connectivity index (χ0n) is 12.7. The molecule has 0 atom stereocenters. The summed E-state index contributed by atoms with van der Waals surface area (Å²) < 4.78 is 7.21. The Morgan fingerprint density at radius 1 is 1.32 bits per heavy atom. The van der Waals surface area contributed by atoms with Gasteiger partial charge in [0.2, 0.25) is 0 Å². The highest BCUT2D eigenvalue weighted by atomic mass is 32.2. The highest BCUT2D eigenvalue weighted by Gasteiger charge is 2.13. The fourth-order valence-corrected chi connectivity index (χ4v) is 2.80. The van der Waals surface area contributed by atoms with Crippen molar-refractivity contribution in [3.63, 3.8) is 0 Å². The van der Waals surface area contributed by atoms with E-state index in [4.69, 9.17) is 4.74 Å². The van der Waals surface area contributed by atoms with Gasteiger partial charge in [0.05, 0.1) is 6.61 Å². The highest BCUT2D eigenvalue weighted by molar-refractivity contribution is 7.99. The molecule has 1 N–H and O–H groups in total. The summed E-state index contributed by atoms with van der Waals surface area (Å²) in [7, 11) is 3.00. The van der Waals surface area contributed by atoms with Crippen molar-refractivity contribution in [2.45, 2.75) is 24.9 Å². The van der Waals surface area contributed by atoms with Crippen LogP contribution in [0.3, 0.4) is 0 Å². The number of aromatic nitrogens is 4. The van der Waals surface area contributed by atoms with Gasteiger partial charge in [0.1, 0.15) is 0 Å². The molecule has 22 heavy (non-hydrogen) atoms. The molecule has 0 aliphatic carbocycles. The van der Waals surface area contributed by atoms with E-state index in [0.29, 0.717) is 41.5 Å². The van der Waals surface area contributed by atoms with E-state index in [0.717, 1.165) is 4.57 Å². The summed E-state index contributed by atoms with van der Waals surface area (Å²) in [5.74, 6) is 0.441. The van der Waals surface area contributed by atoms with E-state index in [-0.39, 0.29) is 5.97 Å². The van der Waals surface area contributed by atoms with Gasteiger partial charge in [0, 0.05) is 26.3 Å². The lowest BCUT2D eigenvalue weighted by molar-refractivity contribution is -0.143. The molecule has 0 saturated carbocycles. The summed E-state index contributed by atoms with van der Waals surface area (Å²) in [5, 5.41) is 0.553. The van der Waals surface area contributed by atoms with Crippen LogP contribution in [0.1, 0.15) is 19.8 Å². The molecule has 0 aromatic carbocycles. The summed E-state index contributed by atoms with van der Waals surface area (Å²) in [5.41, 5.74) is -0.176. The second kappa shape index (κ2) is 6.82. The van der Waals surface area contributed by atoms with Crippen LogP contribution >= 0.6 is 11.8 Å². The van der Waals surface area contributed by atoms with Gasteiger partial charge in [0.15, 0.2) is 16.3 Å². The van der Waals surface area contributed by atoms with Crippen LogP contribution in [0.2, 0.25) is 0 Å². The Labute approximate surface area is 130 Å². The number of carbonyl (C=O) groups excluding carboxylic acids is 1. The molecular formula is C13H18N4O4S. The average molecular weight is 326 g/mol. The molecule has 0 amide bonds. The lowest BCUT2D eigenvalue weighted by atomic mass is 10.3. The number of nitrogens with one attached hydrogen (secondary N) is 1. The topological polar surface area (TPSA) is 99.0 Å². The number of fused-ring (bicyclic) bond motifs is 1. The smallest absolute Gasteiger partial charge is 0.332 e. The summed E-state index contributed by atoms with van der Waals surface area (Å²) in [6.07, 6.45) is 0.999. The van der Waals surface area contributed by atoms with Gasteiger partial charge in [-0.2, -0.15) is 0 Å². The molecule has 2 aromatic rings. The fraction of sp³-hybridized carbons (Fsp3) is 0.538. The molecule has 9 heteroatoms. The summed E-state index contributed by atoms with van der Waals surface area (Å²) >= 11 is 1.40. The normalized spacial score (nSPS) is 11.0. The van der Waals surface area contributed by atoms with E-state index in [1.165, 1.54) is 23.4 Å². The van der Waals surface area contributed by atoms with E-state index in [9.17, 15) is 14.4 Å². The van der Waals surface area contributed by atoms with Gasteiger partial charge in [-0.25, -0.2) is 9.78 Å². The monoisotopic (exact) mass is 326 g/mol. The van der Waals surface area contributed by atoms with E-state index < -0.39 is 11.2 Å². The number of rotatable bonds is 6. The minimum Gasteiger partial charge on any atom is -0.466 e. The van der Waals surface area contributed by atoms with Crippen LogP contribution in [-0.4, -0.2) is 37.4 Å². The largest absolute Gasteiger partial charge is 0.466 e. The van der Waals surface area contributed by atoms with E-state index >= 15 is 0 Å². The SMILES string of the molecule is CCOC(=O)CCCSc1nc2c([nH]1)c(=O)n(C)c(=O)n2C. The number of imidazole rings is 1. The lowest BCUT2D eigenvalue weighted by Gasteiger charge is -2.00. The third-order valence-corrected chi connectivity index (χ3v) is 4.10. The highest BCUT2D eigenvalue weighted by Crippen LogP contribution is 2.18. The number of hydrogen-bond donors (Lipinski definition) is 1. The first kappa shape index (κ1) is 16.3. The Bertz CT molecular complexity index is 805. The first-order valence-corrected chi connectivity index (χ1v) is 7.88. The van der Waals surface area contributed by atoms with Crippen molar-refractivity contribution in [2.24, 2.45) is 14.1 Å². The number of aromatic amines is 1. The molecule has 8 nitrogen and oxygen atoms in total. The zero-order valence-corrected chi connectivity index (χ0v) is 13.5. The third-order valence-electron chi connectivity index (χ3n) is 3.14. The second-order valence-corrected chi connectivity index (χ2v) is 5.79. The number of aryl methyl sites for hydroxylation is 1. The van der Waals surface area contributed by atoms with Gasteiger partial charge in [-0.15, -0.1) is 0 Å². The van der Waals surface area contributed by atoms with Crippen molar-refractivity contribution in [2.75, 3.05) is 12.4 Å². The molecule has 2 aromatic heterocycles. The molecule has 0 aliphatic rings. The van der Waals surface area contributed by atoms with Crippen LogP contribution in [0.5, 0.6) is 0 Å². The van der Waals surface area contributed by atoms with Gasteiger partial charge in [-0.1, -0.05) is 11.8 Å². The second-order valence-electron chi connectivity index (χ2n) is 4.70. The van der Waals surface area contributed by atoms with Crippen LogP contribution in [0, 0.1) is 0 Å². The Hall–Kier alpha value is -2.03. The molecule has 2 heterocycles. The molecule has 0 spiro atoms. The van der Waals surface area contributed by atoms with E-state index in [2.05, 4.69) is 9.97 Å². The van der Waals surface area contributed by atoms with Crippen molar-refractivity contribution in [1.82, 2.24) is 19.1 Å². The number of nitrogens with zero attached hydrogens (tertiary/aromatic N) is 3. The van der Waals surface area contributed by atoms with Crippen molar-refractivity contribution in [3.05, 3.63) is 20.8 Å². The molecule has 0 aliphatic heterocycles. The fourth-order valence-electron chi connectivity index (χ4n) is 1.99. The standard InChI is InChI=1S/C13H18N4O4S/c1-4-21-8(18)6-5-7-22-12-14-9-10(15-12)16(2)13(20)17(3)11(9)19/h4-7H2,1-3H3,(H,14,15). The Balaban J connectivity index is 2.09. The van der Waals surface area contributed by atoms with Crippen LogP contribution in [0.25, 0.3) is 11.2 Å². The minimum absolute atomic E-state index is 0.219. The van der Waals surface area contributed by atoms with Gasteiger partial charge in [-0.05, 0) is 13.3 Å².